The van der Waals surface area contributed by atoms with Gasteiger partial charge >= 0.3 is 0 Å². The van der Waals surface area contributed by atoms with Crippen LogP contribution in [0.25, 0.3) is 11.3 Å². The molecule has 0 spiro atoms. The molecule has 1 N–H and O–H groups in total. The summed E-state index contributed by atoms with van der Waals surface area (Å²) in [6.07, 6.45) is 6.27. The lowest BCUT2D eigenvalue weighted by Crippen LogP contribution is -2.34. The number of anilines is 1. The van der Waals surface area contributed by atoms with Crippen LogP contribution in [0.2, 0.25) is 5.02 Å². The number of nitrogens with zero attached hydrogens (tertiary/aromatic N) is 3. The van der Waals surface area contributed by atoms with Gasteiger partial charge in [0.2, 0.25) is 0 Å². The summed E-state index contributed by atoms with van der Waals surface area (Å²) >= 11 is 6.47. The van der Waals surface area contributed by atoms with Crippen LogP contribution in [0.5, 0.6) is 0 Å². The summed E-state index contributed by atoms with van der Waals surface area (Å²) in [5.74, 6) is 1.34. The molecule has 0 amide bonds. The van der Waals surface area contributed by atoms with Crippen molar-refractivity contribution in [3.05, 3.63) is 41.2 Å². The zero-order valence-corrected chi connectivity index (χ0v) is 17.8. The van der Waals surface area contributed by atoms with Crippen LogP contribution in [0, 0.1) is 22.7 Å². The summed E-state index contributed by atoms with van der Waals surface area (Å²) in [5.41, 5.74) is 2.32. The molecule has 6 nitrogen and oxygen atoms in total. The SMILES string of the molecule is N#CC1(CNc2cccc(-c3cc(CC4CCOCC4)ncc3Cl)n2)CCOCC1. The Morgan fingerprint density at radius 2 is 1.93 bits per heavy atom. The fourth-order valence-corrected chi connectivity index (χ4v) is 4.27. The third kappa shape index (κ3) is 5.10. The Bertz CT molecular complexity index is 902. The minimum absolute atomic E-state index is 0.402. The molecule has 0 radical (unpaired) electrons. The quantitative estimate of drug-likeness (QED) is 0.732. The lowest BCUT2D eigenvalue weighted by molar-refractivity contribution is 0.0455. The number of halogens is 1. The van der Waals surface area contributed by atoms with Crippen molar-refractivity contribution >= 4 is 17.4 Å². The Balaban J connectivity index is 1.49. The summed E-state index contributed by atoms with van der Waals surface area (Å²) in [6, 6.07) is 10.4. The van der Waals surface area contributed by atoms with Crippen LogP contribution < -0.4 is 5.32 Å². The second-order valence-electron chi connectivity index (χ2n) is 8.18. The van der Waals surface area contributed by atoms with E-state index >= 15 is 0 Å². The van der Waals surface area contributed by atoms with Crippen molar-refractivity contribution < 1.29 is 9.47 Å². The molecule has 2 aliphatic rings. The third-order valence-electron chi connectivity index (χ3n) is 6.07. The Kier molecular flexibility index (Phi) is 6.83. The topological polar surface area (TPSA) is 80.1 Å². The van der Waals surface area contributed by atoms with Gasteiger partial charge in [0, 0.05) is 50.4 Å². The zero-order valence-electron chi connectivity index (χ0n) is 17.1. The Morgan fingerprint density at radius 1 is 1.17 bits per heavy atom. The summed E-state index contributed by atoms with van der Waals surface area (Å²) in [5, 5.41) is 13.6. The molecular formula is C23H27ClN4O2. The number of nitriles is 1. The van der Waals surface area contributed by atoms with Crippen molar-refractivity contribution in [1.29, 1.82) is 5.26 Å². The minimum atomic E-state index is -0.402. The molecule has 2 saturated heterocycles. The zero-order chi connectivity index (χ0) is 20.8. The fourth-order valence-electron chi connectivity index (χ4n) is 4.07. The molecule has 2 aromatic rings. The maximum Gasteiger partial charge on any atom is 0.126 e. The van der Waals surface area contributed by atoms with E-state index in [9.17, 15) is 5.26 Å². The van der Waals surface area contributed by atoms with Gasteiger partial charge in [-0.05, 0) is 56.2 Å². The molecule has 0 unspecified atom stereocenters. The van der Waals surface area contributed by atoms with E-state index < -0.39 is 5.41 Å². The first-order valence-corrected chi connectivity index (χ1v) is 11.0. The summed E-state index contributed by atoms with van der Waals surface area (Å²) in [4.78, 5) is 9.29. The van der Waals surface area contributed by atoms with Crippen LogP contribution in [0.4, 0.5) is 5.82 Å². The van der Waals surface area contributed by atoms with Crippen LogP contribution in [0.1, 0.15) is 31.4 Å². The molecule has 4 rings (SSSR count). The molecule has 2 aromatic heterocycles. The highest BCUT2D eigenvalue weighted by atomic mass is 35.5. The Morgan fingerprint density at radius 3 is 2.70 bits per heavy atom. The van der Waals surface area contributed by atoms with Crippen LogP contribution in [-0.4, -0.2) is 42.9 Å². The molecule has 158 valence electrons. The molecule has 0 atom stereocenters. The van der Waals surface area contributed by atoms with Crippen molar-refractivity contribution in [1.82, 2.24) is 9.97 Å². The van der Waals surface area contributed by atoms with E-state index in [1.165, 1.54) is 0 Å². The van der Waals surface area contributed by atoms with E-state index in [1.54, 1.807) is 6.20 Å². The van der Waals surface area contributed by atoms with Crippen molar-refractivity contribution in [2.75, 3.05) is 38.3 Å². The smallest absolute Gasteiger partial charge is 0.126 e. The molecule has 30 heavy (non-hydrogen) atoms. The molecule has 0 bridgehead atoms. The van der Waals surface area contributed by atoms with E-state index in [-0.39, 0.29) is 0 Å². The average molecular weight is 427 g/mol. The van der Waals surface area contributed by atoms with Crippen LogP contribution in [-0.2, 0) is 15.9 Å². The number of ether oxygens (including phenoxy) is 2. The number of aromatic nitrogens is 2. The van der Waals surface area contributed by atoms with Gasteiger partial charge in [0.05, 0.1) is 22.2 Å². The van der Waals surface area contributed by atoms with E-state index in [0.717, 1.165) is 68.1 Å². The van der Waals surface area contributed by atoms with Gasteiger partial charge < -0.3 is 14.8 Å². The van der Waals surface area contributed by atoms with Crippen molar-refractivity contribution in [3.63, 3.8) is 0 Å². The van der Waals surface area contributed by atoms with Crippen molar-refractivity contribution in [2.45, 2.75) is 32.1 Å². The van der Waals surface area contributed by atoms with Crippen LogP contribution >= 0.6 is 11.6 Å². The van der Waals surface area contributed by atoms with E-state index in [1.807, 2.05) is 18.2 Å². The Hall–Kier alpha value is -2.20. The number of hydrogen-bond acceptors (Lipinski definition) is 6. The predicted molar refractivity (Wildman–Crippen MR) is 116 cm³/mol. The average Bonchev–Trinajstić information content (AvgIpc) is 2.80. The maximum atomic E-state index is 9.66. The normalized spacial score (nSPS) is 19.2. The van der Waals surface area contributed by atoms with Gasteiger partial charge in [-0.1, -0.05) is 17.7 Å². The van der Waals surface area contributed by atoms with Crippen molar-refractivity contribution in [3.8, 4) is 17.3 Å². The first-order valence-electron chi connectivity index (χ1n) is 10.6. The van der Waals surface area contributed by atoms with Crippen LogP contribution in [0.3, 0.4) is 0 Å². The molecule has 0 aliphatic carbocycles. The first kappa shape index (κ1) is 21.0. The first-order chi connectivity index (χ1) is 14.7. The molecule has 7 heteroatoms. The number of pyridine rings is 2. The monoisotopic (exact) mass is 426 g/mol. The fraction of sp³-hybridized carbons (Fsp3) is 0.522. The minimum Gasteiger partial charge on any atom is -0.381 e. The van der Waals surface area contributed by atoms with Gasteiger partial charge in [-0.3, -0.25) is 4.98 Å². The predicted octanol–water partition coefficient (Wildman–Crippen LogP) is 4.50. The third-order valence-corrected chi connectivity index (χ3v) is 6.37. The van der Waals surface area contributed by atoms with Gasteiger partial charge in [-0.2, -0.15) is 5.26 Å². The van der Waals surface area contributed by atoms with Gasteiger partial charge in [0.25, 0.3) is 0 Å². The standard InChI is InChI=1S/C23H27ClN4O2/c24-20-14-26-18(12-17-4-8-29-9-5-17)13-19(20)21-2-1-3-22(28-21)27-16-23(15-25)6-10-30-11-7-23/h1-3,13-14,17H,4-12,16H2,(H,27,28). The van der Waals surface area contributed by atoms with E-state index in [4.69, 9.17) is 26.1 Å². The second kappa shape index (κ2) is 9.74. The van der Waals surface area contributed by atoms with Crippen molar-refractivity contribution in [2.24, 2.45) is 11.3 Å². The summed E-state index contributed by atoms with van der Waals surface area (Å²) in [6.45, 7) is 3.48. The summed E-state index contributed by atoms with van der Waals surface area (Å²) < 4.78 is 10.9. The van der Waals surface area contributed by atoms with Crippen LogP contribution in [0.15, 0.2) is 30.5 Å². The molecule has 2 aliphatic heterocycles. The van der Waals surface area contributed by atoms with Gasteiger partial charge in [-0.15, -0.1) is 0 Å². The van der Waals surface area contributed by atoms with Gasteiger partial charge in [0.15, 0.2) is 0 Å². The highest BCUT2D eigenvalue weighted by Gasteiger charge is 2.32. The molecular weight excluding hydrogens is 400 g/mol. The molecule has 2 fully saturated rings. The maximum absolute atomic E-state index is 9.66. The Labute approximate surface area is 182 Å². The highest BCUT2D eigenvalue weighted by Crippen LogP contribution is 2.31. The lowest BCUT2D eigenvalue weighted by Gasteiger charge is -2.30. The summed E-state index contributed by atoms with van der Waals surface area (Å²) in [7, 11) is 0. The highest BCUT2D eigenvalue weighted by molar-refractivity contribution is 6.33. The number of rotatable bonds is 6. The second-order valence-corrected chi connectivity index (χ2v) is 8.59. The van der Waals surface area contributed by atoms with E-state index in [0.29, 0.717) is 30.7 Å². The van der Waals surface area contributed by atoms with Gasteiger partial charge in [0.1, 0.15) is 5.82 Å². The lowest BCUT2D eigenvalue weighted by atomic mass is 9.82. The molecule has 4 heterocycles. The largest absolute Gasteiger partial charge is 0.381 e. The van der Waals surface area contributed by atoms with Gasteiger partial charge in [-0.25, -0.2) is 4.98 Å². The number of hydrogen-bond donors (Lipinski definition) is 1. The molecule has 0 saturated carbocycles. The van der Waals surface area contributed by atoms with E-state index in [2.05, 4.69) is 22.4 Å². The molecule has 0 aromatic carbocycles. The number of nitrogens with one attached hydrogen (secondary N) is 1.